The lowest BCUT2D eigenvalue weighted by molar-refractivity contribution is -0.125. The number of amides is 1. The zero-order valence-electron chi connectivity index (χ0n) is 15.0. The number of hydrogen-bond acceptors (Lipinski definition) is 2. The topological polar surface area (TPSA) is 65.5 Å². The third kappa shape index (κ3) is 10.8. The highest BCUT2D eigenvalue weighted by atomic mass is 127. The summed E-state index contributed by atoms with van der Waals surface area (Å²) in [6.45, 7) is 9.52. The Bertz CT molecular complexity index is 341. The zero-order valence-corrected chi connectivity index (χ0v) is 17.3. The maximum absolute atomic E-state index is 12.0. The molecule has 0 aromatic carbocycles. The van der Waals surface area contributed by atoms with Gasteiger partial charge in [0.2, 0.25) is 5.91 Å². The summed E-state index contributed by atoms with van der Waals surface area (Å²) in [6.07, 6.45) is 6.88. The van der Waals surface area contributed by atoms with E-state index >= 15 is 0 Å². The number of aliphatic imine (C=N–C) groups is 1. The standard InChI is InChI=1S/C17H34N4O.HI/c1-4-18-17(20-11-10-14(2)3)21-13-12-19-16(22)15-8-6-5-7-9-15;/h14-15H,4-13H2,1-3H3,(H,19,22)(H2,18,20,21);1H. The molecule has 136 valence electrons. The van der Waals surface area contributed by atoms with Crippen molar-refractivity contribution < 1.29 is 4.79 Å². The van der Waals surface area contributed by atoms with Gasteiger partial charge in [-0.3, -0.25) is 9.79 Å². The molecule has 1 rings (SSSR count). The van der Waals surface area contributed by atoms with E-state index in [0.29, 0.717) is 19.0 Å². The lowest BCUT2D eigenvalue weighted by Crippen LogP contribution is -2.42. The van der Waals surface area contributed by atoms with E-state index in [9.17, 15) is 4.79 Å². The first-order valence-electron chi connectivity index (χ1n) is 8.93. The average molecular weight is 438 g/mol. The average Bonchev–Trinajstić information content (AvgIpc) is 2.51. The quantitative estimate of drug-likeness (QED) is 0.236. The van der Waals surface area contributed by atoms with Crippen molar-refractivity contribution in [1.29, 1.82) is 0 Å². The summed E-state index contributed by atoms with van der Waals surface area (Å²) in [6, 6.07) is 0. The van der Waals surface area contributed by atoms with Crippen LogP contribution < -0.4 is 16.0 Å². The van der Waals surface area contributed by atoms with E-state index in [2.05, 4.69) is 41.7 Å². The molecule has 0 unspecified atom stereocenters. The normalized spacial score (nSPS) is 15.9. The highest BCUT2D eigenvalue weighted by Gasteiger charge is 2.20. The number of halogens is 1. The van der Waals surface area contributed by atoms with Crippen molar-refractivity contribution in [2.24, 2.45) is 16.8 Å². The molecule has 1 aliphatic rings. The molecule has 1 aliphatic carbocycles. The highest BCUT2D eigenvalue weighted by molar-refractivity contribution is 14.0. The van der Waals surface area contributed by atoms with Crippen LogP contribution in [0.25, 0.3) is 0 Å². The van der Waals surface area contributed by atoms with Gasteiger partial charge in [-0.05, 0) is 32.1 Å². The number of nitrogens with zero attached hydrogens (tertiary/aromatic N) is 1. The van der Waals surface area contributed by atoms with Gasteiger partial charge in [0, 0.05) is 32.1 Å². The smallest absolute Gasteiger partial charge is 0.223 e. The van der Waals surface area contributed by atoms with Crippen LogP contribution in [-0.2, 0) is 4.79 Å². The van der Waals surface area contributed by atoms with Crippen molar-refractivity contribution in [3.63, 3.8) is 0 Å². The predicted molar refractivity (Wildman–Crippen MR) is 108 cm³/mol. The second-order valence-corrected chi connectivity index (χ2v) is 6.50. The fourth-order valence-electron chi connectivity index (χ4n) is 2.65. The maximum atomic E-state index is 12.0. The van der Waals surface area contributed by atoms with Crippen LogP contribution in [0.5, 0.6) is 0 Å². The Balaban J connectivity index is 0.00000484. The molecule has 0 spiro atoms. The van der Waals surface area contributed by atoms with Crippen molar-refractivity contribution >= 4 is 35.8 Å². The SMILES string of the molecule is CCNC(=NCCC(C)C)NCCNC(=O)C1CCCCC1.I. The molecule has 0 radical (unpaired) electrons. The molecule has 0 bridgehead atoms. The van der Waals surface area contributed by atoms with E-state index in [1.807, 2.05) is 0 Å². The Labute approximate surface area is 158 Å². The minimum Gasteiger partial charge on any atom is -0.357 e. The molecular weight excluding hydrogens is 403 g/mol. The van der Waals surface area contributed by atoms with Gasteiger partial charge in [0.1, 0.15) is 0 Å². The lowest BCUT2D eigenvalue weighted by atomic mass is 9.89. The summed E-state index contributed by atoms with van der Waals surface area (Å²) in [5, 5.41) is 9.55. The molecule has 1 fully saturated rings. The van der Waals surface area contributed by atoms with E-state index < -0.39 is 0 Å². The Morgan fingerprint density at radius 1 is 1.09 bits per heavy atom. The van der Waals surface area contributed by atoms with Crippen LogP contribution in [0.3, 0.4) is 0 Å². The summed E-state index contributed by atoms with van der Waals surface area (Å²) in [5.41, 5.74) is 0. The molecule has 0 saturated heterocycles. The van der Waals surface area contributed by atoms with Crippen LogP contribution in [0.1, 0.15) is 59.3 Å². The number of carbonyl (C=O) groups is 1. The second kappa shape index (κ2) is 13.9. The molecule has 1 saturated carbocycles. The number of hydrogen-bond donors (Lipinski definition) is 3. The van der Waals surface area contributed by atoms with Crippen LogP contribution in [0, 0.1) is 11.8 Å². The molecule has 6 heteroatoms. The van der Waals surface area contributed by atoms with Gasteiger partial charge in [-0.2, -0.15) is 0 Å². The van der Waals surface area contributed by atoms with Crippen molar-refractivity contribution in [2.45, 2.75) is 59.3 Å². The molecule has 0 heterocycles. The van der Waals surface area contributed by atoms with Gasteiger partial charge in [-0.25, -0.2) is 0 Å². The largest absolute Gasteiger partial charge is 0.357 e. The van der Waals surface area contributed by atoms with Crippen molar-refractivity contribution in [3.05, 3.63) is 0 Å². The van der Waals surface area contributed by atoms with E-state index in [-0.39, 0.29) is 35.8 Å². The first-order chi connectivity index (χ1) is 10.6. The molecule has 3 N–H and O–H groups in total. The molecule has 0 aromatic heterocycles. The van der Waals surface area contributed by atoms with Crippen LogP contribution >= 0.6 is 24.0 Å². The molecule has 0 aromatic rings. The molecular formula is C17H35IN4O. The van der Waals surface area contributed by atoms with Gasteiger partial charge in [-0.15, -0.1) is 24.0 Å². The summed E-state index contributed by atoms with van der Waals surface area (Å²) in [7, 11) is 0. The van der Waals surface area contributed by atoms with E-state index in [4.69, 9.17) is 0 Å². The summed E-state index contributed by atoms with van der Waals surface area (Å²) >= 11 is 0. The Hall–Kier alpha value is -0.530. The number of carbonyl (C=O) groups excluding carboxylic acids is 1. The lowest BCUT2D eigenvalue weighted by Gasteiger charge is -2.21. The predicted octanol–water partition coefficient (Wildman–Crippen LogP) is 2.90. The van der Waals surface area contributed by atoms with Gasteiger partial charge in [0.15, 0.2) is 5.96 Å². The third-order valence-electron chi connectivity index (χ3n) is 4.01. The highest BCUT2D eigenvalue weighted by Crippen LogP contribution is 2.23. The number of guanidine groups is 1. The number of rotatable bonds is 8. The Morgan fingerprint density at radius 3 is 2.35 bits per heavy atom. The van der Waals surface area contributed by atoms with Crippen LogP contribution in [0.15, 0.2) is 4.99 Å². The van der Waals surface area contributed by atoms with E-state index in [1.165, 1.54) is 19.3 Å². The molecule has 0 aliphatic heterocycles. The second-order valence-electron chi connectivity index (χ2n) is 6.50. The van der Waals surface area contributed by atoms with Crippen LogP contribution in [0.4, 0.5) is 0 Å². The van der Waals surface area contributed by atoms with Gasteiger partial charge < -0.3 is 16.0 Å². The Morgan fingerprint density at radius 2 is 1.74 bits per heavy atom. The molecule has 23 heavy (non-hydrogen) atoms. The van der Waals surface area contributed by atoms with Gasteiger partial charge in [0.05, 0.1) is 0 Å². The van der Waals surface area contributed by atoms with Crippen molar-refractivity contribution in [1.82, 2.24) is 16.0 Å². The summed E-state index contributed by atoms with van der Waals surface area (Å²) in [5.74, 6) is 1.97. The zero-order chi connectivity index (χ0) is 16.2. The first-order valence-corrected chi connectivity index (χ1v) is 8.93. The van der Waals surface area contributed by atoms with E-state index in [1.54, 1.807) is 0 Å². The van der Waals surface area contributed by atoms with Gasteiger partial charge in [-0.1, -0.05) is 33.1 Å². The maximum Gasteiger partial charge on any atom is 0.223 e. The van der Waals surface area contributed by atoms with Crippen LogP contribution in [0.2, 0.25) is 0 Å². The van der Waals surface area contributed by atoms with Crippen LogP contribution in [-0.4, -0.2) is 38.0 Å². The molecule has 1 amide bonds. The van der Waals surface area contributed by atoms with E-state index in [0.717, 1.165) is 38.3 Å². The fourth-order valence-corrected chi connectivity index (χ4v) is 2.65. The molecule has 0 atom stereocenters. The van der Waals surface area contributed by atoms with Gasteiger partial charge >= 0.3 is 0 Å². The van der Waals surface area contributed by atoms with Crippen molar-refractivity contribution in [2.75, 3.05) is 26.2 Å². The Kier molecular flexibility index (Phi) is 13.5. The third-order valence-corrected chi connectivity index (χ3v) is 4.01. The first kappa shape index (κ1) is 22.5. The monoisotopic (exact) mass is 438 g/mol. The minimum atomic E-state index is 0. The molecule has 5 nitrogen and oxygen atoms in total. The van der Waals surface area contributed by atoms with Crippen molar-refractivity contribution in [3.8, 4) is 0 Å². The summed E-state index contributed by atoms with van der Waals surface area (Å²) in [4.78, 5) is 16.6. The minimum absolute atomic E-state index is 0. The summed E-state index contributed by atoms with van der Waals surface area (Å²) < 4.78 is 0. The fraction of sp³-hybridized carbons (Fsp3) is 0.882. The number of nitrogens with one attached hydrogen (secondary N) is 3. The van der Waals surface area contributed by atoms with Gasteiger partial charge in [0.25, 0.3) is 0 Å².